The summed E-state index contributed by atoms with van der Waals surface area (Å²) in [5.74, 6) is 0. The third-order valence-corrected chi connectivity index (χ3v) is 10.9. The molecule has 136 valence electrons. The molecule has 25 heavy (non-hydrogen) atoms. The molecule has 0 N–H and O–H groups in total. The van der Waals surface area contributed by atoms with Gasteiger partial charge in [-0.3, -0.25) is 4.98 Å². The molecular weight excluding hydrogens is 410 g/mol. The lowest BCUT2D eigenvalue weighted by Crippen LogP contribution is -2.41. The van der Waals surface area contributed by atoms with E-state index < -0.39 is 8.32 Å². The van der Waals surface area contributed by atoms with Crippen LogP contribution >= 0.6 is 27.3 Å². The second-order valence-electron chi connectivity index (χ2n) is 7.85. The van der Waals surface area contributed by atoms with Gasteiger partial charge >= 0.3 is 0 Å². The van der Waals surface area contributed by atoms with Gasteiger partial charge in [-0.2, -0.15) is 0 Å². The SMILES string of the molecule is Cc1cc(Br)cnc1/C=C/c1ccc(CCO[Si](C)(C)C(C)(C)C)s1. The molecule has 0 spiro atoms. The minimum Gasteiger partial charge on any atom is -0.416 e. The third kappa shape index (κ3) is 5.88. The van der Waals surface area contributed by atoms with Gasteiger partial charge in [-0.1, -0.05) is 20.8 Å². The van der Waals surface area contributed by atoms with Gasteiger partial charge in [-0.15, -0.1) is 11.3 Å². The summed E-state index contributed by atoms with van der Waals surface area (Å²) in [6.45, 7) is 14.4. The van der Waals surface area contributed by atoms with Crippen LogP contribution in [0, 0.1) is 6.92 Å². The van der Waals surface area contributed by atoms with Crippen LogP contribution in [0.15, 0.2) is 28.9 Å². The monoisotopic (exact) mass is 437 g/mol. The van der Waals surface area contributed by atoms with Crippen molar-refractivity contribution in [3.05, 3.63) is 49.9 Å². The summed E-state index contributed by atoms with van der Waals surface area (Å²) in [4.78, 5) is 7.08. The molecule has 2 aromatic heterocycles. The van der Waals surface area contributed by atoms with Crippen molar-refractivity contribution in [1.29, 1.82) is 0 Å². The standard InChI is InChI=1S/C20H28BrNOSSi/c1-15-13-16(21)14-22-19(15)10-9-17-7-8-18(24-17)11-12-23-25(5,6)20(2,3)4/h7-10,13-14H,11-12H2,1-6H3/b10-9+. The zero-order valence-electron chi connectivity index (χ0n) is 16.0. The molecule has 0 fully saturated rings. The number of thiophene rings is 1. The predicted octanol–water partition coefficient (Wildman–Crippen LogP) is 6.95. The van der Waals surface area contributed by atoms with Gasteiger partial charge in [0.2, 0.25) is 0 Å². The minimum absolute atomic E-state index is 0.270. The molecule has 2 rings (SSSR count). The van der Waals surface area contributed by atoms with Crippen molar-refractivity contribution in [2.45, 2.75) is 52.2 Å². The normalized spacial score (nSPS) is 12.9. The van der Waals surface area contributed by atoms with E-state index in [0.29, 0.717) is 0 Å². The van der Waals surface area contributed by atoms with Crippen LogP contribution in [-0.4, -0.2) is 19.9 Å². The smallest absolute Gasteiger partial charge is 0.191 e. The molecule has 2 aromatic rings. The number of halogens is 1. The maximum atomic E-state index is 6.28. The van der Waals surface area contributed by atoms with E-state index in [2.05, 4.69) is 92.1 Å². The summed E-state index contributed by atoms with van der Waals surface area (Å²) < 4.78 is 7.29. The molecule has 2 nitrogen and oxygen atoms in total. The molecule has 0 aromatic carbocycles. The van der Waals surface area contributed by atoms with Gasteiger partial charge in [0.25, 0.3) is 0 Å². The lowest BCUT2D eigenvalue weighted by molar-refractivity contribution is 0.293. The first-order valence-electron chi connectivity index (χ1n) is 8.61. The molecule has 2 heterocycles. The number of nitrogens with zero attached hydrogens (tertiary/aromatic N) is 1. The van der Waals surface area contributed by atoms with Gasteiger partial charge in [0, 0.05) is 33.5 Å². The van der Waals surface area contributed by atoms with Crippen molar-refractivity contribution in [1.82, 2.24) is 4.98 Å². The summed E-state index contributed by atoms with van der Waals surface area (Å²) in [7, 11) is -1.64. The first kappa shape index (κ1) is 20.6. The lowest BCUT2D eigenvalue weighted by Gasteiger charge is -2.36. The molecule has 0 amide bonds. The largest absolute Gasteiger partial charge is 0.416 e. The zero-order valence-corrected chi connectivity index (χ0v) is 19.4. The van der Waals surface area contributed by atoms with Crippen LogP contribution in [0.1, 0.15) is 41.8 Å². The number of pyridine rings is 1. The van der Waals surface area contributed by atoms with Crippen molar-refractivity contribution >= 4 is 47.7 Å². The van der Waals surface area contributed by atoms with Crippen LogP contribution in [0.5, 0.6) is 0 Å². The second-order valence-corrected chi connectivity index (χ2v) is 14.8. The fraction of sp³-hybridized carbons (Fsp3) is 0.450. The Morgan fingerprint density at radius 2 is 1.96 bits per heavy atom. The quantitative estimate of drug-likeness (QED) is 0.455. The van der Waals surface area contributed by atoms with Crippen molar-refractivity contribution in [2.24, 2.45) is 0 Å². The molecule has 0 unspecified atom stereocenters. The molecule has 0 bridgehead atoms. The number of aromatic nitrogens is 1. The number of aryl methyl sites for hydroxylation is 1. The zero-order chi connectivity index (χ0) is 18.7. The highest BCUT2D eigenvalue weighted by Crippen LogP contribution is 2.36. The highest BCUT2D eigenvalue weighted by atomic mass is 79.9. The van der Waals surface area contributed by atoms with Crippen molar-refractivity contribution in [3.63, 3.8) is 0 Å². The van der Waals surface area contributed by atoms with Gasteiger partial charge in [0.15, 0.2) is 8.32 Å². The van der Waals surface area contributed by atoms with Gasteiger partial charge in [-0.05, 0) is 76.9 Å². The molecule has 0 atom stereocenters. The topological polar surface area (TPSA) is 22.1 Å². The van der Waals surface area contributed by atoms with Gasteiger partial charge in [0.05, 0.1) is 5.69 Å². The predicted molar refractivity (Wildman–Crippen MR) is 117 cm³/mol. The van der Waals surface area contributed by atoms with Crippen LogP contribution in [0.3, 0.4) is 0 Å². The molecule has 5 heteroatoms. The maximum absolute atomic E-state index is 6.28. The van der Waals surface area contributed by atoms with E-state index in [0.717, 1.165) is 23.2 Å². The highest BCUT2D eigenvalue weighted by molar-refractivity contribution is 9.10. The van der Waals surface area contributed by atoms with Crippen LogP contribution < -0.4 is 0 Å². The molecule has 0 aliphatic heterocycles. The summed E-state index contributed by atoms with van der Waals surface area (Å²) in [6, 6.07) is 6.48. The Kier molecular flexibility index (Phi) is 6.82. The number of hydrogen-bond acceptors (Lipinski definition) is 3. The summed E-state index contributed by atoms with van der Waals surface area (Å²) in [6.07, 6.45) is 7.06. The fourth-order valence-corrected chi connectivity index (χ4v) is 4.52. The van der Waals surface area contributed by atoms with E-state index in [9.17, 15) is 0 Å². The molecule has 0 saturated heterocycles. The highest BCUT2D eigenvalue weighted by Gasteiger charge is 2.36. The second kappa shape index (κ2) is 8.29. The van der Waals surface area contributed by atoms with E-state index in [1.807, 2.05) is 17.5 Å². The number of rotatable bonds is 6. The lowest BCUT2D eigenvalue weighted by atomic mass is 10.2. The maximum Gasteiger partial charge on any atom is 0.191 e. The fourth-order valence-electron chi connectivity index (χ4n) is 2.13. The van der Waals surface area contributed by atoms with E-state index in [-0.39, 0.29) is 5.04 Å². The Hall–Kier alpha value is -0.753. The van der Waals surface area contributed by atoms with Crippen molar-refractivity contribution < 1.29 is 4.43 Å². The van der Waals surface area contributed by atoms with E-state index >= 15 is 0 Å². The Balaban J connectivity index is 1.93. The van der Waals surface area contributed by atoms with Crippen LogP contribution in [-0.2, 0) is 10.8 Å². The molecule has 0 aliphatic carbocycles. The van der Waals surface area contributed by atoms with E-state index in [4.69, 9.17) is 4.43 Å². The van der Waals surface area contributed by atoms with Crippen LogP contribution in [0.25, 0.3) is 12.2 Å². The molecule has 0 radical (unpaired) electrons. The van der Waals surface area contributed by atoms with Crippen molar-refractivity contribution in [3.8, 4) is 0 Å². The summed E-state index contributed by atoms with van der Waals surface area (Å²) in [5.41, 5.74) is 2.18. The molecule has 0 saturated carbocycles. The Labute approximate surface area is 165 Å². The van der Waals surface area contributed by atoms with E-state index in [1.165, 1.54) is 15.3 Å². The Bertz CT molecular complexity index is 746. The average molecular weight is 439 g/mol. The summed E-state index contributed by atoms with van der Waals surface area (Å²) >= 11 is 5.28. The first-order valence-corrected chi connectivity index (χ1v) is 13.1. The number of hydrogen-bond donors (Lipinski definition) is 0. The van der Waals surface area contributed by atoms with Gasteiger partial charge in [0.1, 0.15) is 0 Å². The molecular formula is C20H28BrNOSSi. The van der Waals surface area contributed by atoms with Gasteiger partial charge in [-0.25, -0.2) is 0 Å². The summed E-state index contributed by atoms with van der Waals surface area (Å²) in [5, 5.41) is 0.270. The van der Waals surface area contributed by atoms with Crippen molar-refractivity contribution in [2.75, 3.05) is 6.61 Å². The van der Waals surface area contributed by atoms with E-state index in [1.54, 1.807) is 0 Å². The Morgan fingerprint density at radius 1 is 1.24 bits per heavy atom. The molecule has 0 aliphatic rings. The minimum atomic E-state index is -1.64. The van der Waals surface area contributed by atoms with Crippen LogP contribution in [0.4, 0.5) is 0 Å². The average Bonchev–Trinajstić information content (AvgIpc) is 2.93. The first-order chi connectivity index (χ1) is 11.6. The Morgan fingerprint density at radius 3 is 2.60 bits per heavy atom. The third-order valence-electron chi connectivity index (χ3n) is 4.79. The van der Waals surface area contributed by atoms with Gasteiger partial charge < -0.3 is 4.43 Å². The van der Waals surface area contributed by atoms with Crippen LogP contribution in [0.2, 0.25) is 18.1 Å².